The quantitative estimate of drug-likeness (QED) is 0.571. The second-order valence-corrected chi connectivity index (χ2v) is 2.10. The molecular formula is C12H20O4W. The maximum absolute atomic E-state index is 8.00. The Labute approximate surface area is 117 Å². The van der Waals surface area contributed by atoms with E-state index in [4.69, 9.17) is 19.2 Å². The summed E-state index contributed by atoms with van der Waals surface area (Å²) in [4.78, 5) is 32.0. The zero-order valence-corrected chi connectivity index (χ0v) is 12.9. The molecule has 0 spiro atoms. The van der Waals surface area contributed by atoms with Crippen LogP contribution in [0.3, 0.4) is 0 Å². The van der Waals surface area contributed by atoms with Crippen LogP contribution in [0.5, 0.6) is 0 Å². The zero-order valence-electron chi connectivity index (χ0n) is 10.0. The van der Waals surface area contributed by atoms with Crippen molar-refractivity contribution in [2.24, 2.45) is 0 Å². The molecule has 0 aliphatic heterocycles. The maximum Gasteiger partial charge on any atom is 0.106 e. The summed E-state index contributed by atoms with van der Waals surface area (Å²) in [5.74, 6) is 0. The standard InChI is InChI=1S/C8H12.4CH2O.W/c1-2-4-6-8-7-5-3-1;4*1-2;/h1-2,7-8H,3-6H2;4*1H2;/b2-1-,8-7-;;;;;. The monoisotopic (exact) mass is 412 g/mol. The Morgan fingerprint density at radius 2 is 0.588 bits per heavy atom. The molecule has 0 N–H and O–H groups in total. The molecule has 0 saturated carbocycles. The molecule has 1 aliphatic rings. The van der Waals surface area contributed by atoms with Crippen molar-refractivity contribution >= 4 is 27.2 Å². The molecule has 0 unspecified atom stereocenters. The third-order valence-electron chi connectivity index (χ3n) is 1.33. The molecule has 0 aromatic rings. The van der Waals surface area contributed by atoms with E-state index in [-0.39, 0.29) is 21.1 Å². The summed E-state index contributed by atoms with van der Waals surface area (Å²) in [6.45, 7) is 8.00. The fraction of sp³-hybridized carbons (Fsp3) is 0.333. The van der Waals surface area contributed by atoms with Crippen LogP contribution in [-0.2, 0) is 40.2 Å². The van der Waals surface area contributed by atoms with Crippen LogP contribution in [0.1, 0.15) is 25.7 Å². The molecule has 0 heterocycles. The van der Waals surface area contributed by atoms with Crippen LogP contribution in [0.4, 0.5) is 0 Å². The molecule has 4 nitrogen and oxygen atoms in total. The van der Waals surface area contributed by atoms with Crippen molar-refractivity contribution in [3.05, 3.63) is 24.3 Å². The first-order valence-corrected chi connectivity index (χ1v) is 4.45. The molecule has 1 rings (SSSR count). The predicted molar refractivity (Wildman–Crippen MR) is 65.2 cm³/mol. The third-order valence-corrected chi connectivity index (χ3v) is 1.33. The van der Waals surface area contributed by atoms with E-state index in [0.717, 1.165) is 0 Å². The van der Waals surface area contributed by atoms with Gasteiger partial charge in [-0.3, -0.25) is 0 Å². The smallest absolute Gasteiger partial charge is 0.106 e. The van der Waals surface area contributed by atoms with Crippen LogP contribution in [0.15, 0.2) is 24.3 Å². The number of hydrogen-bond donors (Lipinski definition) is 0. The minimum absolute atomic E-state index is 0. The minimum Gasteiger partial charge on any atom is -0.307 e. The van der Waals surface area contributed by atoms with Crippen molar-refractivity contribution in [3.8, 4) is 0 Å². The average Bonchev–Trinajstić information content (AvgIpc) is 2.38. The molecule has 0 saturated heterocycles. The predicted octanol–water partition coefficient (Wildman–Crippen LogP) is 1.93. The number of carbonyl (C=O) groups excluding carboxylic acids is 4. The van der Waals surface area contributed by atoms with Crippen LogP contribution in [0.2, 0.25) is 0 Å². The summed E-state index contributed by atoms with van der Waals surface area (Å²) >= 11 is 0. The van der Waals surface area contributed by atoms with E-state index < -0.39 is 0 Å². The fourth-order valence-corrected chi connectivity index (χ4v) is 0.856. The summed E-state index contributed by atoms with van der Waals surface area (Å²) in [6.07, 6.45) is 14.0. The number of hydrogen-bond acceptors (Lipinski definition) is 4. The number of rotatable bonds is 0. The van der Waals surface area contributed by atoms with Crippen LogP contribution in [0.25, 0.3) is 0 Å². The van der Waals surface area contributed by atoms with Gasteiger partial charge in [0.15, 0.2) is 0 Å². The van der Waals surface area contributed by atoms with Gasteiger partial charge in [0.05, 0.1) is 0 Å². The third kappa shape index (κ3) is 52.3. The van der Waals surface area contributed by atoms with E-state index in [1.54, 1.807) is 0 Å². The van der Waals surface area contributed by atoms with Gasteiger partial charge in [-0.15, -0.1) is 0 Å². The Kier molecular flexibility index (Phi) is 106. The number of allylic oxidation sites excluding steroid dienone is 4. The largest absolute Gasteiger partial charge is 0.307 e. The topological polar surface area (TPSA) is 68.3 Å². The Bertz CT molecular complexity index is 127. The van der Waals surface area contributed by atoms with Crippen molar-refractivity contribution in [1.82, 2.24) is 0 Å². The Hall–Kier alpha value is -1.15. The van der Waals surface area contributed by atoms with E-state index in [9.17, 15) is 0 Å². The van der Waals surface area contributed by atoms with E-state index in [1.807, 2.05) is 27.2 Å². The van der Waals surface area contributed by atoms with Gasteiger partial charge < -0.3 is 19.2 Å². The van der Waals surface area contributed by atoms with Gasteiger partial charge in [0.2, 0.25) is 0 Å². The molecule has 5 heteroatoms. The van der Waals surface area contributed by atoms with E-state index in [0.29, 0.717) is 0 Å². The maximum atomic E-state index is 8.00. The Balaban J connectivity index is -0.0000000462. The second kappa shape index (κ2) is 60.7. The fourth-order valence-electron chi connectivity index (χ4n) is 0.856. The molecule has 0 bridgehead atoms. The summed E-state index contributed by atoms with van der Waals surface area (Å²) in [5, 5.41) is 0. The molecular weight excluding hydrogens is 392 g/mol. The van der Waals surface area contributed by atoms with Crippen LogP contribution in [0, 0.1) is 0 Å². The van der Waals surface area contributed by atoms with Crippen molar-refractivity contribution < 1.29 is 40.2 Å². The molecule has 0 aromatic carbocycles. The Morgan fingerprint density at radius 3 is 0.706 bits per heavy atom. The summed E-state index contributed by atoms with van der Waals surface area (Å²) < 4.78 is 0. The van der Waals surface area contributed by atoms with Gasteiger partial charge in [-0.2, -0.15) is 0 Å². The van der Waals surface area contributed by atoms with Crippen molar-refractivity contribution in [2.75, 3.05) is 0 Å². The zero-order chi connectivity index (χ0) is 13.7. The SMILES string of the molecule is C1=C\CC/C=C\CC/1.C=O.C=O.C=O.C=O.[W]. The molecule has 1 aliphatic carbocycles. The Morgan fingerprint density at radius 1 is 0.471 bits per heavy atom. The van der Waals surface area contributed by atoms with Crippen LogP contribution in [-0.4, -0.2) is 27.2 Å². The summed E-state index contributed by atoms with van der Waals surface area (Å²) in [5.41, 5.74) is 0. The molecule has 0 fully saturated rings. The summed E-state index contributed by atoms with van der Waals surface area (Å²) in [7, 11) is 0. The van der Waals surface area contributed by atoms with Crippen LogP contribution >= 0.6 is 0 Å². The van der Waals surface area contributed by atoms with Crippen molar-refractivity contribution in [1.29, 1.82) is 0 Å². The van der Waals surface area contributed by atoms with Gasteiger partial charge in [0.25, 0.3) is 0 Å². The van der Waals surface area contributed by atoms with Crippen molar-refractivity contribution in [2.45, 2.75) is 25.7 Å². The van der Waals surface area contributed by atoms with Crippen molar-refractivity contribution in [3.63, 3.8) is 0 Å². The van der Waals surface area contributed by atoms with Gasteiger partial charge in [-0.25, -0.2) is 0 Å². The van der Waals surface area contributed by atoms with Gasteiger partial charge in [0.1, 0.15) is 27.2 Å². The van der Waals surface area contributed by atoms with Gasteiger partial charge in [-0.05, 0) is 25.7 Å². The first-order chi connectivity index (χ1) is 8.00. The molecule has 98 valence electrons. The minimum atomic E-state index is 0. The molecule has 0 atom stereocenters. The van der Waals surface area contributed by atoms with E-state index in [2.05, 4.69) is 24.3 Å². The average molecular weight is 412 g/mol. The number of carbonyl (C=O) groups is 4. The van der Waals surface area contributed by atoms with Gasteiger partial charge in [-0.1, -0.05) is 24.3 Å². The molecule has 17 heavy (non-hydrogen) atoms. The normalized spacial score (nSPS) is 14.1. The van der Waals surface area contributed by atoms with Crippen LogP contribution < -0.4 is 0 Å². The van der Waals surface area contributed by atoms with Gasteiger partial charge >= 0.3 is 0 Å². The van der Waals surface area contributed by atoms with E-state index >= 15 is 0 Å². The van der Waals surface area contributed by atoms with Gasteiger partial charge in [0, 0.05) is 21.1 Å². The molecule has 0 aromatic heterocycles. The van der Waals surface area contributed by atoms with E-state index in [1.165, 1.54) is 25.7 Å². The first kappa shape index (κ1) is 29.7. The second-order valence-electron chi connectivity index (χ2n) is 2.10. The first-order valence-electron chi connectivity index (χ1n) is 4.45. The molecule has 0 radical (unpaired) electrons. The summed E-state index contributed by atoms with van der Waals surface area (Å²) in [6, 6.07) is 0. The molecule has 0 amide bonds.